The minimum atomic E-state index is -3.05. The first-order chi connectivity index (χ1) is 14.1. The molecule has 9 nitrogen and oxygen atoms in total. The molecule has 1 aromatic rings. The molecule has 0 aliphatic carbocycles. The normalized spacial score (nSPS) is 15.2. The van der Waals surface area contributed by atoms with Crippen LogP contribution in [0.25, 0.3) is 0 Å². The van der Waals surface area contributed by atoms with E-state index in [1.807, 2.05) is 0 Å². The van der Waals surface area contributed by atoms with Crippen LogP contribution in [-0.4, -0.2) is 54.0 Å². The van der Waals surface area contributed by atoms with Crippen LogP contribution in [0.5, 0.6) is 5.75 Å². The summed E-state index contributed by atoms with van der Waals surface area (Å²) in [5.74, 6) is -2.48. The summed E-state index contributed by atoms with van der Waals surface area (Å²) in [6.45, 7) is -0.891. The van der Waals surface area contributed by atoms with Crippen LogP contribution in [-0.2, 0) is 19.1 Å². The lowest BCUT2D eigenvalue weighted by Crippen LogP contribution is -2.46. The summed E-state index contributed by atoms with van der Waals surface area (Å²) < 4.78 is 33.4. The van der Waals surface area contributed by atoms with Crippen LogP contribution in [0.3, 0.4) is 0 Å². The number of nitrogens with zero attached hydrogens (tertiary/aromatic N) is 1. The van der Waals surface area contributed by atoms with Crippen molar-refractivity contribution in [1.29, 1.82) is 0 Å². The average molecular weight is 448 g/mol. The van der Waals surface area contributed by atoms with E-state index in [2.05, 4.69) is 15.4 Å². The van der Waals surface area contributed by atoms with E-state index in [4.69, 9.17) is 16.3 Å². The molecule has 164 valence electrons. The first-order valence-electron chi connectivity index (χ1n) is 8.95. The third-order valence-electron chi connectivity index (χ3n) is 4.54. The second-order valence-electron chi connectivity index (χ2n) is 6.34. The van der Waals surface area contributed by atoms with Gasteiger partial charge in [-0.05, 0) is 31.0 Å². The van der Waals surface area contributed by atoms with Gasteiger partial charge in [0.15, 0.2) is 6.61 Å². The number of nitrogens with one attached hydrogen (secondary N) is 2. The maximum absolute atomic E-state index is 12.4. The lowest BCUT2D eigenvalue weighted by molar-refractivity contribution is -0.150. The first-order valence-corrected chi connectivity index (χ1v) is 9.33. The highest BCUT2D eigenvalue weighted by Crippen LogP contribution is 2.29. The van der Waals surface area contributed by atoms with Crippen LogP contribution in [0.15, 0.2) is 18.2 Å². The van der Waals surface area contributed by atoms with Crippen molar-refractivity contribution in [3.63, 3.8) is 0 Å². The van der Waals surface area contributed by atoms with Gasteiger partial charge in [-0.15, -0.1) is 0 Å². The molecule has 0 aromatic heterocycles. The lowest BCUT2D eigenvalue weighted by Gasteiger charge is -2.22. The Labute approximate surface area is 175 Å². The van der Waals surface area contributed by atoms with Crippen molar-refractivity contribution in [1.82, 2.24) is 10.2 Å². The third kappa shape index (κ3) is 5.35. The molecular weight excluding hydrogens is 428 g/mol. The number of benzene rings is 1. The number of carbonyl (C=O) groups excluding carboxylic acids is 4. The second-order valence-corrected chi connectivity index (χ2v) is 6.75. The van der Waals surface area contributed by atoms with Crippen molar-refractivity contribution in [2.24, 2.45) is 0 Å². The molecular formula is C18H20ClF2N3O6. The summed E-state index contributed by atoms with van der Waals surface area (Å²) in [5.41, 5.74) is -0.888. The van der Waals surface area contributed by atoms with E-state index in [-0.39, 0.29) is 16.5 Å². The molecule has 0 radical (unpaired) electrons. The fraction of sp³-hybridized carbons (Fsp3) is 0.444. The summed E-state index contributed by atoms with van der Waals surface area (Å²) in [5, 5.41) is 4.78. The van der Waals surface area contributed by atoms with Gasteiger partial charge in [0.1, 0.15) is 17.8 Å². The van der Waals surface area contributed by atoms with Crippen LogP contribution in [0, 0.1) is 0 Å². The molecule has 0 bridgehead atoms. The number of halogens is 3. The molecule has 1 saturated heterocycles. The number of ether oxygens (including phenoxy) is 2. The maximum Gasteiger partial charge on any atom is 0.387 e. The van der Waals surface area contributed by atoms with E-state index in [0.29, 0.717) is 12.8 Å². The zero-order valence-corrected chi connectivity index (χ0v) is 16.9. The summed E-state index contributed by atoms with van der Waals surface area (Å²) >= 11 is 5.78. The molecule has 2 N–H and O–H groups in total. The maximum atomic E-state index is 12.4. The summed E-state index contributed by atoms with van der Waals surface area (Å²) in [7, 11) is 0. The minimum absolute atomic E-state index is 0.154. The number of urea groups is 1. The number of amides is 4. The Kier molecular flexibility index (Phi) is 7.54. The Morgan fingerprint density at radius 2 is 1.93 bits per heavy atom. The van der Waals surface area contributed by atoms with Gasteiger partial charge in [-0.3, -0.25) is 19.3 Å². The molecule has 12 heteroatoms. The summed E-state index contributed by atoms with van der Waals surface area (Å²) in [6, 6.07) is 2.89. The third-order valence-corrected chi connectivity index (χ3v) is 4.83. The van der Waals surface area contributed by atoms with Crippen LogP contribution in [0.2, 0.25) is 5.02 Å². The van der Waals surface area contributed by atoms with Crippen LogP contribution < -0.4 is 15.4 Å². The highest BCUT2D eigenvalue weighted by molar-refractivity contribution is 6.32. The van der Waals surface area contributed by atoms with E-state index in [1.54, 1.807) is 13.8 Å². The van der Waals surface area contributed by atoms with Gasteiger partial charge in [-0.1, -0.05) is 25.4 Å². The number of hydrogen-bond donors (Lipinski definition) is 2. The Morgan fingerprint density at radius 1 is 1.27 bits per heavy atom. The molecule has 0 unspecified atom stereocenters. The Morgan fingerprint density at radius 3 is 2.47 bits per heavy atom. The van der Waals surface area contributed by atoms with E-state index in [0.717, 1.165) is 11.0 Å². The summed E-state index contributed by atoms with van der Waals surface area (Å²) in [4.78, 5) is 49.0. The minimum Gasteiger partial charge on any atom is -0.454 e. The fourth-order valence-electron chi connectivity index (χ4n) is 2.84. The molecule has 1 aliphatic heterocycles. The number of imide groups is 1. The van der Waals surface area contributed by atoms with Gasteiger partial charge < -0.3 is 20.1 Å². The number of rotatable bonds is 9. The van der Waals surface area contributed by atoms with Crippen LogP contribution in [0.4, 0.5) is 19.3 Å². The van der Waals surface area contributed by atoms with Crippen molar-refractivity contribution in [3.8, 4) is 5.75 Å². The molecule has 1 heterocycles. The zero-order chi connectivity index (χ0) is 22.5. The van der Waals surface area contributed by atoms with Crippen molar-refractivity contribution in [3.05, 3.63) is 23.2 Å². The fourth-order valence-corrected chi connectivity index (χ4v) is 3.06. The van der Waals surface area contributed by atoms with E-state index < -0.39 is 49.1 Å². The Bertz CT molecular complexity index is 847. The highest BCUT2D eigenvalue weighted by Gasteiger charge is 2.49. The van der Waals surface area contributed by atoms with Crippen molar-refractivity contribution in [2.75, 3.05) is 18.5 Å². The standard InChI is InChI=1S/C18H20ClF2N3O6/c1-3-18(4-2)15(27)24(17(28)23-18)8-14(26)29-9-13(25)22-10-5-6-12(11(19)7-10)30-16(20)21/h5-7,16H,3-4,8-9H2,1-2H3,(H,22,25)(H,23,28). The average Bonchev–Trinajstić information content (AvgIpc) is 2.93. The molecule has 1 aromatic carbocycles. The van der Waals surface area contributed by atoms with Crippen molar-refractivity contribution >= 4 is 41.1 Å². The number of esters is 1. The molecule has 0 saturated carbocycles. The SMILES string of the molecule is CCC1(CC)NC(=O)N(CC(=O)OCC(=O)Nc2ccc(OC(F)F)c(Cl)c2)C1=O. The van der Waals surface area contributed by atoms with E-state index >= 15 is 0 Å². The lowest BCUT2D eigenvalue weighted by atomic mass is 9.93. The number of carbonyl (C=O) groups is 4. The quantitative estimate of drug-likeness (QED) is 0.444. The van der Waals surface area contributed by atoms with Gasteiger partial charge >= 0.3 is 18.6 Å². The second kappa shape index (κ2) is 9.70. The van der Waals surface area contributed by atoms with Gasteiger partial charge in [0.05, 0.1) is 5.02 Å². The number of alkyl halides is 2. The monoisotopic (exact) mass is 447 g/mol. The Hall–Kier alpha value is -2.95. The van der Waals surface area contributed by atoms with Gasteiger partial charge in [0.25, 0.3) is 11.8 Å². The van der Waals surface area contributed by atoms with Crippen molar-refractivity contribution in [2.45, 2.75) is 38.8 Å². The Balaban J connectivity index is 1.86. The predicted octanol–water partition coefficient (Wildman–Crippen LogP) is 2.53. The predicted molar refractivity (Wildman–Crippen MR) is 101 cm³/mol. The van der Waals surface area contributed by atoms with Crippen LogP contribution in [0.1, 0.15) is 26.7 Å². The molecule has 0 atom stereocenters. The molecule has 30 heavy (non-hydrogen) atoms. The highest BCUT2D eigenvalue weighted by atomic mass is 35.5. The van der Waals surface area contributed by atoms with E-state index in [9.17, 15) is 28.0 Å². The first kappa shape index (κ1) is 23.3. The topological polar surface area (TPSA) is 114 Å². The number of anilines is 1. The largest absolute Gasteiger partial charge is 0.454 e. The zero-order valence-electron chi connectivity index (χ0n) is 16.2. The van der Waals surface area contributed by atoms with E-state index in [1.165, 1.54) is 12.1 Å². The smallest absolute Gasteiger partial charge is 0.387 e. The molecule has 4 amide bonds. The number of hydrogen-bond acceptors (Lipinski definition) is 6. The molecule has 0 spiro atoms. The summed E-state index contributed by atoms with van der Waals surface area (Å²) in [6.07, 6.45) is 0.734. The van der Waals surface area contributed by atoms with Gasteiger partial charge in [-0.2, -0.15) is 8.78 Å². The molecule has 1 fully saturated rings. The molecule has 1 aliphatic rings. The van der Waals surface area contributed by atoms with Gasteiger partial charge in [0, 0.05) is 5.69 Å². The molecule has 2 rings (SSSR count). The van der Waals surface area contributed by atoms with Crippen LogP contribution >= 0.6 is 11.6 Å². The van der Waals surface area contributed by atoms with Gasteiger partial charge in [0.2, 0.25) is 0 Å². The van der Waals surface area contributed by atoms with Crippen molar-refractivity contribution < 1.29 is 37.4 Å². The van der Waals surface area contributed by atoms with Gasteiger partial charge in [-0.25, -0.2) is 4.79 Å².